The summed E-state index contributed by atoms with van der Waals surface area (Å²) in [5.41, 5.74) is 1.21. The van der Waals surface area contributed by atoms with Crippen LogP contribution in [0, 0.1) is 0 Å². The molecular weight excluding hydrogens is 190 g/mol. The molecule has 0 fully saturated rings. The maximum atomic E-state index is 8.83. The SMILES string of the molecule is CC(C)N(CCCO)Cc1cncn1C. The molecule has 4 heteroatoms. The van der Waals surface area contributed by atoms with E-state index in [0.29, 0.717) is 6.04 Å². The number of rotatable bonds is 6. The van der Waals surface area contributed by atoms with Gasteiger partial charge < -0.3 is 9.67 Å². The monoisotopic (exact) mass is 211 g/mol. The third-order valence-corrected chi connectivity index (χ3v) is 2.62. The molecule has 0 saturated carbocycles. The van der Waals surface area contributed by atoms with Gasteiger partial charge >= 0.3 is 0 Å². The van der Waals surface area contributed by atoms with Crippen molar-refractivity contribution in [1.82, 2.24) is 14.5 Å². The molecule has 1 aromatic heterocycles. The molecule has 1 heterocycles. The average Bonchev–Trinajstić information content (AvgIpc) is 2.58. The van der Waals surface area contributed by atoms with Crippen LogP contribution in [0.15, 0.2) is 12.5 Å². The van der Waals surface area contributed by atoms with E-state index in [1.807, 2.05) is 24.1 Å². The molecule has 0 atom stereocenters. The number of hydrogen-bond acceptors (Lipinski definition) is 3. The molecular formula is C11H21N3O. The number of imidazole rings is 1. The Labute approximate surface area is 91.5 Å². The second-order valence-corrected chi connectivity index (χ2v) is 4.14. The summed E-state index contributed by atoms with van der Waals surface area (Å²) < 4.78 is 2.04. The van der Waals surface area contributed by atoms with Gasteiger partial charge in [-0.25, -0.2) is 4.98 Å². The second kappa shape index (κ2) is 5.88. The highest BCUT2D eigenvalue weighted by atomic mass is 16.3. The summed E-state index contributed by atoms with van der Waals surface area (Å²) in [7, 11) is 2.01. The Morgan fingerprint density at radius 1 is 1.53 bits per heavy atom. The van der Waals surface area contributed by atoms with E-state index in [2.05, 4.69) is 23.7 Å². The van der Waals surface area contributed by atoms with Gasteiger partial charge in [0.1, 0.15) is 0 Å². The van der Waals surface area contributed by atoms with Crippen molar-refractivity contribution in [2.75, 3.05) is 13.2 Å². The molecule has 1 rings (SSSR count). The van der Waals surface area contributed by atoms with Gasteiger partial charge in [-0.1, -0.05) is 0 Å². The zero-order valence-electron chi connectivity index (χ0n) is 9.85. The lowest BCUT2D eigenvalue weighted by Crippen LogP contribution is -2.32. The summed E-state index contributed by atoms with van der Waals surface area (Å²) in [5.74, 6) is 0. The maximum absolute atomic E-state index is 8.83. The van der Waals surface area contributed by atoms with Crippen molar-refractivity contribution in [3.63, 3.8) is 0 Å². The average molecular weight is 211 g/mol. The highest BCUT2D eigenvalue weighted by Crippen LogP contribution is 2.07. The Kier molecular flexibility index (Phi) is 4.78. The van der Waals surface area contributed by atoms with E-state index in [9.17, 15) is 0 Å². The number of aliphatic hydroxyl groups excluding tert-OH is 1. The first-order chi connectivity index (χ1) is 7.15. The quantitative estimate of drug-likeness (QED) is 0.763. The molecule has 0 aliphatic heterocycles. The summed E-state index contributed by atoms with van der Waals surface area (Å²) in [4.78, 5) is 6.44. The zero-order valence-corrected chi connectivity index (χ0v) is 9.85. The van der Waals surface area contributed by atoms with Crippen LogP contribution >= 0.6 is 0 Å². The van der Waals surface area contributed by atoms with Crippen LogP contribution in [-0.2, 0) is 13.6 Å². The molecule has 86 valence electrons. The standard InChI is InChI=1S/C11H21N3O/c1-10(2)14(5-4-6-15)8-11-7-12-9-13(11)3/h7,9-10,15H,4-6,8H2,1-3H3. The molecule has 0 aromatic carbocycles. The molecule has 0 aliphatic rings. The van der Waals surface area contributed by atoms with Gasteiger partial charge in [0.25, 0.3) is 0 Å². The molecule has 0 spiro atoms. The van der Waals surface area contributed by atoms with E-state index in [1.54, 1.807) is 0 Å². The summed E-state index contributed by atoms with van der Waals surface area (Å²) >= 11 is 0. The van der Waals surface area contributed by atoms with Crippen LogP contribution in [0.5, 0.6) is 0 Å². The predicted octanol–water partition coefficient (Wildman–Crippen LogP) is 1.01. The molecule has 0 radical (unpaired) electrons. The summed E-state index contributed by atoms with van der Waals surface area (Å²) in [6, 6.07) is 0.492. The first-order valence-electron chi connectivity index (χ1n) is 5.45. The number of hydrogen-bond donors (Lipinski definition) is 1. The van der Waals surface area contributed by atoms with Gasteiger partial charge in [0.15, 0.2) is 0 Å². The molecule has 0 bridgehead atoms. The van der Waals surface area contributed by atoms with Crippen molar-refractivity contribution in [3.8, 4) is 0 Å². The topological polar surface area (TPSA) is 41.3 Å². The largest absolute Gasteiger partial charge is 0.396 e. The van der Waals surface area contributed by atoms with Crippen LogP contribution < -0.4 is 0 Å². The van der Waals surface area contributed by atoms with E-state index < -0.39 is 0 Å². The summed E-state index contributed by atoms with van der Waals surface area (Å²) in [5, 5.41) is 8.83. The van der Waals surface area contributed by atoms with E-state index in [-0.39, 0.29) is 6.61 Å². The fourth-order valence-electron chi connectivity index (χ4n) is 1.54. The first kappa shape index (κ1) is 12.2. The number of nitrogens with zero attached hydrogens (tertiary/aromatic N) is 3. The van der Waals surface area contributed by atoms with E-state index in [4.69, 9.17) is 5.11 Å². The molecule has 0 amide bonds. The van der Waals surface area contributed by atoms with Gasteiger partial charge in [-0.05, 0) is 20.3 Å². The maximum Gasteiger partial charge on any atom is 0.0945 e. The third kappa shape index (κ3) is 3.64. The van der Waals surface area contributed by atoms with Gasteiger partial charge in [-0.15, -0.1) is 0 Å². The first-order valence-corrected chi connectivity index (χ1v) is 5.45. The molecule has 0 saturated heterocycles. The minimum absolute atomic E-state index is 0.259. The van der Waals surface area contributed by atoms with Crippen LogP contribution in [0.1, 0.15) is 26.0 Å². The highest BCUT2D eigenvalue weighted by molar-refractivity contribution is 4.97. The van der Waals surface area contributed by atoms with Crippen molar-refractivity contribution in [3.05, 3.63) is 18.2 Å². The Balaban J connectivity index is 2.54. The Morgan fingerprint density at radius 3 is 2.73 bits per heavy atom. The number of aromatic nitrogens is 2. The van der Waals surface area contributed by atoms with Gasteiger partial charge in [-0.3, -0.25) is 4.90 Å². The van der Waals surface area contributed by atoms with Crippen LogP contribution in [-0.4, -0.2) is 38.8 Å². The molecule has 0 aliphatic carbocycles. The van der Waals surface area contributed by atoms with Gasteiger partial charge in [-0.2, -0.15) is 0 Å². The highest BCUT2D eigenvalue weighted by Gasteiger charge is 2.11. The Morgan fingerprint density at radius 2 is 2.27 bits per heavy atom. The van der Waals surface area contributed by atoms with E-state index in [0.717, 1.165) is 19.5 Å². The lowest BCUT2D eigenvalue weighted by Gasteiger charge is -2.26. The minimum Gasteiger partial charge on any atom is -0.396 e. The predicted molar refractivity (Wildman–Crippen MR) is 60.5 cm³/mol. The smallest absolute Gasteiger partial charge is 0.0945 e. The van der Waals surface area contributed by atoms with Crippen LogP contribution in [0.4, 0.5) is 0 Å². The van der Waals surface area contributed by atoms with Crippen LogP contribution in [0.25, 0.3) is 0 Å². The Hall–Kier alpha value is -0.870. The molecule has 15 heavy (non-hydrogen) atoms. The van der Waals surface area contributed by atoms with Crippen molar-refractivity contribution in [2.24, 2.45) is 7.05 Å². The van der Waals surface area contributed by atoms with Crippen molar-refractivity contribution in [1.29, 1.82) is 0 Å². The van der Waals surface area contributed by atoms with E-state index in [1.165, 1.54) is 5.69 Å². The molecule has 1 N–H and O–H groups in total. The summed E-state index contributed by atoms with van der Waals surface area (Å²) in [6.07, 6.45) is 4.55. The number of aryl methyl sites for hydroxylation is 1. The van der Waals surface area contributed by atoms with Crippen LogP contribution in [0.2, 0.25) is 0 Å². The van der Waals surface area contributed by atoms with E-state index >= 15 is 0 Å². The lowest BCUT2D eigenvalue weighted by atomic mass is 10.2. The third-order valence-electron chi connectivity index (χ3n) is 2.62. The summed E-state index contributed by atoms with van der Waals surface area (Å²) in [6.45, 7) is 6.43. The minimum atomic E-state index is 0.259. The fourth-order valence-corrected chi connectivity index (χ4v) is 1.54. The van der Waals surface area contributed by atoms with Gasteiger partial charge in [0, 0.05) is 39.0 Å². The van der Waals surface area contributed by atoms with Crippen LogP contribution in [0.3, 0.4) is 0 Å². The molecule has 1 aromatic rings. The normalized spacial score (nSPS) is 11.6. The Bertz CT molecular complexity index is 283. The number of aliphatic hydroxyl groups is 1. The fraction of sp³-hybridized carbons (Fsp3) is 0.727. The molecule has 0 unspecified atom stereocenters. The molecule has 4 nitrogen and oxygen atoms in total. The van der Waals surface area contributed by atoms with Crippen molar-refractivity contribution >= 4 is 0 Å². The van der Waals surface area contributed by atoms with Crippen molar-refractivity contribution < 1.29 is 5.11 Å². The lowest BCUT2D eigenvalue weighted by molar-refractivity contribution is 0.182. The van der Waals surface area contributed by atoms with Gasteiger partial charge in [0.05, 0.1) is 12.0 Å². The van der Waals surface area contributed by atoms with Crippen molar-refractivity contribution in [2.45, 2.75) is 32.9 Å². The second-order valence-electron chi connectivity index (χ2n) is 4.14. The zero-order chi connectivity index (χ0) is 11.3. The van der Waals surface area contributed by atoms with Gasteiger partial charge in [0.2, 0.25) is 0 Å².